The molecule has 7 heteroatoms. The van der Waals surface area contributed by atoms with Crippen molar-refractivity contribution in [2.45, 2.75) is 0 Å². The minimum absolute atomic E-state index is 0.0282. The van der Waals surface area contributed by atoms with E-state index in [9.17, 15) is 10.1 Å². The molecule has 0 amide bonds. The molecule has 0 aromatic heterocycles. The number of hydrogen-bond acceptors (Lipinski definition) is 6. The van der Waals surface area contributed by atoms with Crippen LogP contribution in [0.25, 0.3) is 0 Å². The minimum Gasteiger partial charge on any atom is -0.493 e. The lowest BCUT2D eigenvalue weighted by molar-refractivity contribution is -0.384. The molecule has 0 spiro atoms. The summed E-state index contributed by atoms with van der Waals surface area (Å²) < 4.78 is 10.9. The molecule has 0 heterocycles. The molecule has 2 aromatic carbocycles. The third-order valence-electron chi connectivity index (χ3n) is 2.69. The van der Waals surface area contributed by atoms with Gasteiger partial charge in [-0.05, 0) is 24.3 Å². The molecule has 0 aliphatic heterocycles. The van der Waals surface area contributed by atoms with Crippen molar-refractivity contribution in [3.63, 3.8) is 0 Å². The first-order valence-corrected chi connectivity index (χ1v) is 5.92. The lowest BCUT2D eigenvalue weighted by Crippen LogP contribution is -1.95. The van der Waals surface area contributed by atoms with E-state index in [1.807, 2.05) is 0 Å². The van der Waals surface area contributed by atoms with Gasteiger partial charge in [0, 0.05) is 17.7 Å². The second-order valence-electron chi connectivity index (χ2n) is 3.98. The van der Waals surface area contributed by atoms with E-state index in [0.29, 0.717) is 22.8 Å². The first kappa shape index (κ1) is 14.3. The Labute approximate surface area is 120 Å². The molecule has 0 unspecified atom stereocenters. The fraction of sp³-hybridized carbons (Fsp3) is 0.0714. The van der Waals surface area contributed by atoms with Crippen molar-refractivity contribution in [2.75, 3.05) is 7.11 Å². The molecule has 0 saturated carbocycles. The van der Waals surface area contributed by atoms with Crippen molar-refractivity contribution < 1.29 is 19.6 Å². The van der Waals surface area contributed by atoms with Crippen molar-refractivity contribution in [3.8, 4) is 17.2 Å². The smallest absolute Gasteiger partial charge is 0.269 e. The molecule has 7 nitrogen and oxygen atoms in total. The van der Waals surface area contributed by atoms with Crippen LogP contribution in [0.4, 0.5) is 5.69 Å². The molecule has 1 N–H and O–H groups in total. The van der Waals surface area contributed by atoms with E-state index in [-0.39, 0.29) is 5.69 Å². The van der Waals surface area contributed by atoms with Crippen LogP contribution >= 0.6 is 0 Å². The Morgan fingerprint density at radius 1 is 1.24 bits per heavy atom. The van der Waals surface area contributed by atoms with E-state index < -0.39 is 4.92 Å². The summed E-state index contributed by atoms with van der Waals surface area (Å²) in [6.07, 6.45) is 1.21. The summed E-state index contributed by atoms with van der Waals surface area (Å²) in [7, 11) is 1.48. The molecule has 2 rings (SSSR count). The predicted octanol–water partition coefficient (Wildman–Crippen LogP) is 3.20. The molecule has 108 valence electrons. The van der Waals surface area contributed by atoms with Gasteiger partial charge in [-0.25, -0.2) is 0 Å². The van der Waals surface area contributed by atoms with Crippen molar-refractivity contribution in [2.24, 2.45) is 5.16 Å². The Morgan fingerprint density at radius 3 is 2.52 bits per heavy atom. The first-order chi connectivity index (χ1) is 10.2. The van der Waals surface area contributed by atoms with E-state index >= 15 is 0 Å². The van der Waals surface area contributed by atoms with Crippen LogP contribution in [0.2, 0.25) is 0 Å². The predicted molar refractivity (Wildman–Crippen MR) is 75.5 cm³/mol. The van der Waals surface area contributed by atoms with Crippen molar-refractivity contribution >= 4 is 11.9 Å². The molecule has 0 aliphatic rings. The maximum atomic E-state index is 10.6. The zero-order chi connectivity index (χ0) is 15.2. The van der Waals surface area contributed by atoms with Crippen molar-refractivity contribution in [1.29, 1.82) is 0 Å². The molecule has 21 heavy (non-hydrogen) atoms. The highest BCUT2D eigenvalue weighted by Gasteiger charge is 2.12. The highest BCUT2D eigenvalue weighted by molar-refractivity contribution is 5.84. The number of rotatable bonds is 5. The molecular formula is C14H12N2O5. The van der Waals surface area contributed by atoms with Gasteiger partial charge in [0.2, 0.25) is 0 Å². The first-order valence-electron chi connectivity index (χ1n) is 5.92. The topological polar surface area (TPSA) is 94.2 Å². The number of non-ortho nitro benzene ring substituents is 1. The van der Waals surface area contributed by atoms with Crippen LogP contribution in [-0.2, 0) is 0 Å². The van der Waals surface area contributed by atoms with Crippen LogP contribution in [0.15, 0.2) is 47.6 Å². The molecule has 0 atom stereocenters. The minimum atomic E-state index is -0.489. The number of oxime groups is 1. The third kappa shape index (κ3) is 3.27. The molecule has 0 bridgehead atoms. The highest BCUT2D eigenvalue weighted by atomic mass is 16.6. The average Bonchev–Trinajstić information content (AvgIpc) is 2.49. The van der Waals surface area contributed by atoms with E-state index in [1.165, 1.54) is 37.6 Å². The van der Waals surface area contributed by atoms with Gasteiger partial charge in [0.25, 0.3) is 5.69 Å². The van der Waals surface area contributed by atoms with Crippen LogP contribution in [0.5, 0.6) is 17.2 Å². The van der Waals surface area contributed by atoms with Gasteiger partial charge in [-0.1, -0.05) is 11.2 Å². The van der Waals surface area contributed by atoms with Crippen LogP contribution in [0.3, 0.4) is 0 Å². The molecule has 0 saturated heterocycles. The number of hydrogen-bond donors (Lipinski definition) is 1. The average molecular weight is 288 g/mol. The summed E-state index contributed by atoms with van der Waals surface area (Å²) in [5.74, 6) is 1.20. The second-order valence-corrected chi connectivity index (χ2v) is 3.98. The van der Waals surface area contributed by atoms with Gasteiger partial charge in [-0.15, -0.1) is 0 Å². The number of benzene rings is 2. The lowest BCUT2D eigenvalue weighted by atomic mass is 10.2. The standard InChI is InChI=1S/C14H12N2O5/c1-20-13-4-2-3-10(9-15-17)14(13)21-12-7-5-11(6-8-12)16(18)19/h2-9,17H,1H3. The van der Waals surface area contributed by atoms with Crippen LogP contribution in [0, 0.1) is 10.1 Å². The monoisotopic (exact) mass is 288 g/mol. The van der Waals surface area contributed by atoms with Gasteiger partial charge >= 0.3 is 0 Å². The largest absolute Gasteiger partial charge is 0.493 e. The number of methoxy groups -OCH3 is 1. The molecule has 0 radical (unpaired) electrons. The Kier molecular flexibility index (Phi) is 4.35. The van der Waals surface area contributed by atoms with Gasteiger partial charge in [-0.3, -0.25) is 10.1 Å². The van der Waals surface area contributed by atoms with Crippen molar-refractivity contribution in [3.05, 3.63) is 58.1 Å². The maximum absolute atomic E-state index is 10.6. The van der Waals surface area contributed by atoms with Gasteiger partial charge in [-0.2, -0.15) is 0 Å². The Hall–Kier alpha value is -3.09. The third-order valence-corrected chi connectivity index (χ3v) is 2.69. The van der Waals surface area contributed by atoms with Gasteiger partial charge in [0.05, 0.1) is 18.2 Å². The Bertz CT molecular complexity index is 668. The van der Waals surface area contributed by atoms with Crippen LogP contribution < -0.4 is 9.47 Å². The zero-order valence-corrected chi connectivity index (χ0v) is 11.1. The van der Waals surface area contributed by atoms with Crippen LogP contribution in [0.1, 0.15) is 5.56 Å². The van der Waals surface area contributed by atoms with Crippen molar-refractivity contribution in [1.82, 2.24) is 0 Å². The van der Waals surface area contributed by atoms with E-state index in [0.717, 1.165) is 0 Å². The fourth-order valence-electron chi connectivity index (χ4n) is 1.72. The summed E-state index contributed by atoms with van der Waals surface area (Å²) in [6, 6.07) is 10.7. The quantitative estimate of drug-likeness (QED) is 0.394. The molecule has 0 aliphatic carbocycles. The van der Waals surface area contributed by atoms with E-state index in [2.05, 4.69) is 5.16 Å². The lowest BCUT2D eigenvalue weighted by Gasteiger charge is -2.12. The van der Waals surface area contributed by atoms with Gasteiger partial charge < -0.3 is 14.7 Å². The molecular weight excluding hydrogens is 276 g/mol. The second kappa shape index (κ2) is 6.38. The van der Waals surface area contributed by atoms with Gasteiger partial charge in [0.15, 0.2) is 11.5 Å². The van der Waals surface area contributed by atoms with E-state index in [1.54, 1.807) is 18.2 Å². The number of nitro benzene ring substituents is 1. The number of para-hydroxylation sites is 1. The number of ether oxygens (including phenoxy) is 2. The molecule has 2 aromatic rings. The zero-order valence-electron chi connectivity index (χ0n) is 11.1. The van der Waals surface area contributed by atoms with E-state index in [4.69, 9.17) is 14.7 Å². The highest BCUT2D eigenvalue weighted by Crippen LogP contribution is 2.34. The Balaban J connectivity index is 2.35. The number of nitro groups is 1. The SMILES string of the molecule is COc1cccc(C=NO)c1Oc1ccc([N+](=O)[O-])cc1. The summed E-state index contributed by atoms with van der Waals surface area (Å²) >= 11 is 0. The fourth-order valence-corrected chi connectivity index (χ4v) is 1.72. The summed E-state index contributed by atoms with van der Waals surface area (Å²) in [6.45, 7) is 0. The van der Waals surface area contributed by atoms with Gasteiger partial charge in [0.1, 0.15) is 5.75 Å². The summed E-state index contributed by atoms with van der Waals surface area (Å²) in [4.78, 5) is 10.1. The number of nitrogens with zero attached hydrogens (tertiary/aromatic N) is 2. The normalized spacial score (nSPS) is 10.5. The molecule has 0 fully saturated rings. The Morgan fingerprint density at radius 2 is 1.95 bits per heavy atom. The van der Waals surface area contributed by atoms with Crippen LogP contribution in [-0.4, -0.2) is 23.5 Å². The summed E-state index contributed by atoms with van der Waals surface area (Å²) in [5, 5.41) is 22.3. The summed E-state index contributed by atoms with van der Waals surface area (Å²) in [5.41, 5.74) is 0.481. The maximum Gasteiger partial charge on any atom is 0.269 e.